The van der Waals surface area contributed by atoms with Crippen molar-refractivity contribution in [1.82, 2.24) is 4.90 Å². The molecule has 0 rings (SSSR count). The maximum Gasteiger partial charge on any atom is 0.150 e. The van der Waals surface area contributed by atoms with Crippen molar-refractivity contribution in [2.24, 2.45) is 11.7 Å². The lowest BCUT2D eigenvalue weighted by atomic mass is 10.2. The lowest BCUT2D eigenvalue weighted by molar-refractivity contribution is 0.243. The molecule has 0 aliphatic carbocycles. The minimum atomic E-state index is -2.82. The highest BCUT2D eigenvalue weighted by Gasteiger charge is 2.10. The van der Waals surface area contributed by atoms with Crippen molar-refractivity contribution in [3.05, 3.63) is 0 Å². The summed E-state index contributed by atoms with van der Waals surface area (Å²) >= 11 is 0. The number of nitrogens with zero attached hydrogens (tertiary/aromatic N) is 1. The van der Waals surface area contributed by atoms with Crippen LogP contribution in [0.5, 0.6) is 0 Å². The van der Waals surface area contributed by atoms with Gasteiger partial charge in [0.1, 0.15) is 9.84 Å². The molecule has 4 nitrogen and oxygen atoms in total. The van der Waals surface area contributed by atoms with Gasteiger partial charge in [0.2, 0.25) is 0 Å². The smallest absolute Gasteiger partial charge is 0.150 e. The van der Waals surface area contributed by atoms with Gasteiger partial charge >= 0.3 is 0 Å². The summed E-state index contributed by atoms with van der Waals surface area (Å²) in [4.78, 5) is 2.32. The second-order valence-electron chi connectivity index (χ2n) is 4.93. The third kappa shape index (κ3) is 9.56. The van der Waals surface area contributed by atoms with E-state index in [2.05, 4.69) is 18.7 Å². The standard InChI is InChI=1S/C12H28N2O2S/c1-4-17(15,16)10-6-9-14(8-5-7-13)11-12(2)3/h12H,4-11,13H2,1-3H3. The molecule has 0 saturated carbocycles. The Morgan fingerprint density at radius 1 is 1.18 bits per heavy atom. The molecule has 0 aliphatic heterocycles. The summed E-state index contributed by atoms with van der Waals surface area (Å²) in [6.45, 7) is 9.61. The number of nitrogens with two attached hydrogens (primary N) is 1. The highest BCUT2D eigenvalue weighted by Crippen LogP contribution is 2.02. The Labute approximate surface area is 106 Å². The Morgan fingerprint density at radius 2 is 1.76 bits per heavy atom. The molecule has 0 amide bonds. The number of rotatable bonds is 10. The van der Waals surface area contributed by atoms with E-state index in [4.69, 9.17) is 5.73 Å². The normalized spacial score (nSPS) is 12.6. The van der Waals surface area contributed by atoms with Gasteiger partial charge in [-0.1, -0.05) is 20.8 Å². The van der Waals surface area contributed by atoms with Crippen LogP contribution in [0, 0.1) is 5.92 Å². The molecule has 5 heteroatoms. The van der Waals surface area contributed by atoms with Crippen LogP contribution >= 0.6 is 0 Å². The Balaban J connectivity index is 3.98. The zero-order chi connectivity index (χ0) is 13.3. The summed E-state index contributed by atoms with van der Waals surface area (Å²) in [6.07, 6.45) is 1.71. The summed E-state index contributed by atoms with van der Waals surface area (Å²) in [5.41, 5.74) is 5.50. The van der Waals surface area contributed by atoms with Crippen molar-refractivity contribution in [3.63, 3.8) is 0 Å². The van der Waals surface area contributed by atoms with E-state index in [-0.39, 0.29) is 5.75 Å². The largest absolute Gasteiger partial charge is 0.330 e. The molecule has 0 aromatic rings. The van der Waals surface area contributed by atoms with Crippen molar-refractivity contribution in [2.45, 2.75) is 33.6 Å². The van der Waals surface area contributed by atoms with E-state index in [1.54, 1.807) is 6.92 Å². The second kappa shape index (κ2) is 8.89. The van der Waals surface area contributed by atoms with Gasteiger partial charge in [-0.15, -0.1) is 0 Å². The van der Waals surface area contributed by atoms with Gasteiger partial charge in [0.05, 0.1) is 5.75 Å². The highest BCUT2D eigenvalue weighted by atomic mass is 32.2. The predicted octanol–water partition coefficient (Wildman–Crippen LogP) is 1.12. The van der Waals surface area contributed by atoms with Crippen LogP contribution < -0.4 is 5.73 Å². The van der Waals surface area contributed by atoms with E-state index in [1.165, 1.54) is 0 Å². The van der Waals surface area contributed by atoms with E-state index in [0.29, 0.717) is 18.2 Å². The van der Waals surface area contributed by atoms with Crippen molar-refractivity contribution < 1.29 is 8.42 Å². The monoisotopic (exact) mass is 264 g/mol. The molecule has 0 atom stereocenters. The predicted molar refractivity (Wildman–Crippen MR) is 73.9 cm³/mol. The lowest BCUT2D eigenvalue weighted by Gasteiger charge is -2.23. The van der Waals surface area contributed by atoms with E-state index in [1.807, 2.05) is 0 Å². The van der Waals surface area contributed by atoms with Gasteiger partial charge in [-0.05, 0) is 38.4 Å². The molecule has 0 aromatic carbocycles. The summed E-state index contributed by atoms with van der Waals surface area (Å²) in [7, 11) is -2.82. The Bertz CT molecular complexity index is 276. The van der Waals surface area contributed by atoms with Gasteiger partial charge in [0, 0.05) is 12.3 Å². The van der Waals surface area contributed by atoms with Crippen molar-refractivity contribution >= 4 is 9.84 Å². The molecule has 0 radical (unpaired) electrons. The average molecular weight is 264 g/mol. The molecule has 0 unspecified atom stereocenters. The van der Waals surface area contributed by atoms with Gasteiger partial charge < -0.3 is 10.6 Å². The second-order valence-corrected chi connectivity index (χ2v) is 7.40. The fraction of sp³-hybridized carbons (Fsp3) is 1.00. The molecule has 17 heavy (non-hydrogen) atoms. The summed E-state index contributed by atoms with van der Waals surface area (Å²) in [6, 6.07) is 0. The minimum absolute atomic E-state index is 0.250. The molecule has 0 aliphatic rings. The fourth-order valence-corrected chi connectivity index (χ4v) is 2.64. The van der Waals surface area contributed by atoms with Crippen LogP contribution in [0.25, 0.3) is 0 Å². The first-order chi connectivity index (χ1) is 7.91. The summed E-state index contributed by atoms with van der Waals surface area (Å²) < 4.78 is 22.8. The van der Waals surface area contributed by atoms with E-state index < -0.39 is 9.84 Å². The molecule has 104 valence electrons. The highest BCUT2D eigenvalue weighted by molar-refractivity contribution is 7.91. The zero-order valence-corrected chi connectivity index (χ0v) is 12.3. The molecule has 0 saturated heterocycles. The Morgan fingerprint density at radius 3 is 2.24 bits per heavy atom. The topological polar surface area (TPSA) is 63.4 Å². The molecule has 2 N–H and O–H groups in total. The third-order valence-corrected chi connectivity index (χ3v) is 4.46. The van der Waals surface area contributed by atoms with Gasteiger partial charge in [-0.25, -0.2) is 8.42 Å². The van der Waals surface area contributed by atoms with Crippen molar-refractivity contribution in [2.75, 3.05) is 37.7 Å². The molecule has 0 heterocycles. The Kier molecular flexibility index (Phi) is 8.82. The van der Waals surface area contributed by atoms with Crippen LogP contribution in [-0.2, 0) is 9.84 Å². The van der Waals surface area contributed by atoms with Crippen LogP contribution in [0.4, 0.5) is 0 Å². The quantitative estimate of drug-likeness (QED) is 0.642. The van der Waals surface area contributed by atoms with Gasteiger partial charge in [0.15, 0.2) is 0 Å². The molecule has 0 spiro atoms. The van der Waals surface area contributed by atoms with Crippen LogP contribution in [0.1, 0.15) is 33.6 Å². The van der Waals surface area contributed by atoms with Crippen molar-refractivity contribution in [1.29, 1.82) is 0 Å². The Hall–Kier alpha value is -0.130. The molecule has 0 bridgehead atoms. The van der Waals surface area contributed by atoms with Crippen LogP contribution in [0.2, 0.25) is 0 Å². The number of hydrogen-bond donors (Lipinski definition) is 1. The van der Waals surface area contributed by atoms with Crippen LogP contribution in [0.15, 0.2) is 0 Å². The average Bonchev–Trinajstić information content (AvgIpc) is 2.24. The first-order valence-electron chi connectivity index (χ1n) is 6.54. The lowest BCUT2D eigenvalue weighted by Crippen LogP contribution is -2.32. The van der Waals surface area contributed by atoms with Crippen LogP contribution in [0.3, 0.4) is 0 Å². The number of sulfone groups is 1. The first-order valence-corrected chi connectivity index (χ1v) is 8.36. The molecule has 0 aromatic heterocycles. The van der Waals surface area contributed by atoms with Gasteiger partial charge in [-0.3, -0.25) is 0 Å². The zero-order valence-electron chi connectivity index (χ0n) is 11.5. The maximum absolute atomic E-state index is 11.4. The molecular weight excluding hydrogens is 236 g/mol. The van der Waals surface area contributed by atoms with Gasteiger partial charge in [0.25, 0.3) is 0 Å². The van der Waals surface area contributed by atoms with Crippen molar-refractivity contribution in [3.8, 4) is 0 Å². The summed E-state index contributed by atoms with van der Waals surface area (Å²) in [5, 5.41) is 0. The SMILES string of the molecule is CCS(=O)(=O)CCCN(CCCN)CC(C)C. The fourth-order valence-electron chi connectivity index (χ4n) is 1.78. The minimum Gasteiger partial charge on any atom is -0.330 e. The van der Waals surface area contributed by atoms with Gasteiger partial charge in [-0.2, -0.15) is 0 Å². The molecule has 0 fully saturated rings. The van der Waals surface area contributed by atoms with E-state index in [0.717, 1.165) is 32.5 Å². The maximum atomic E-state index is 11.4. The number of hydrogen-bond acceptors (Lipinski definition) is 4. The third-order valence-electron chi connectivity index (χ3n) is 2.67. The molecular formula is C12H28N2O2S. The first kappa shape index (κ1) is 16.9. The van der Waals surface area contributed by atoms with Crippen LogP contribution in [-0.4, -0.2) is 51.0 Å². The van der Waals surface area contributed by atoms with E-state index >= 15 is 0 Å². The van der Waals surface area contributed by atoms with E-state index in [9.17, 15) is 8.42 Å². The summed E-state index contributed by atoms with van der Waals surface area (Å²) in [5.74, 6) is 1.16.